The molecule has 3 rings (SSSR count). The van der Waals surface area contributed by atoms with Crippen LogP contribution in [-0.4, -0.2) is 40.0 Å². The van der Waals surface area contributed by atoms with Gasteiger partial charge in [0.2, 0.25) is 11.0 Å². The molecule has 0 radical (unpaired) electrons. The minimum absolute atomic E-state index is 0.0309. The summed E-state index contributed by atoms with van der Waals surface area (Å²) in [6.45, 7) is 7.39. The van der Waals surface area contributed by atoms with Crippen molar-refractivity contribution >= 4 is 28.3 Å². The Morgan fingerprint density at radius 1 is 1.12 bits per heavy atom. The minimum Gasteiger partial charge on any atom is -0.339 e. The van der Waals surface area contributed by atoms with Crippen LogP contribution in [0.1, 0.15) is 49.0 Å². The maximum absolute atomic E-state index is 12.5. The molecule has 1 aromatic heterocycles. The fourth-order valence-corrected chi connectivity index (χ4v) is 3.70. The van der Waals surface area contributed by atoms with E-state index in [4.69, 9.17) is 0 Å². The van der Waals surface area contributed by atoms with Crippen molar-refractivity contribution in [3.8, 4) is 0 Å². The van der Waals surface area contributed by atoms with Crippen LogP contribution in [0.15, 0.2) is 30.3 Å². The Bertz CT molecular complexity index is 774. The molecule has 0 bridgehead atoms. The summed E-state index contributed by atoms with van der Waals surface area (Å²) in [6.07, 6.45) is 1.32. The fraction of sp³-hybridized carbons (Fsp3) is 0.474. The van der Waals surface area contributed by atoms with Gasteiger partial charge in [0.15, 0.2) is 0 Å². The molecule has 6 nitrogen and oxygen atoms in total. The topological polar surface area (TPSA) is 75.2 Å². The van der Waals surface area contributed by atoms with Crippen molar-refractivity contribution in [2.24, 2.45) is 5.92 Å². The second kappa shape index (κ2) is 7.53. The number of likely N-dealkylation sites (tertiary alicyclic amines) is 1. The molecule has 138 valence electrons. The highest BCUT2D eigenvalue weighted by molar-refractivity contribution is 7.15. The van der Waals surface area contributed by atoms with E-state index in [0.29, 0.717) is 36.6 Å². The van der Waals surface area contributed by atoms with E-state index >= 15 is 0 Å². The Kier molecular flexibility index (Phi) is 5.36. The van der Waals surface area contributed by atoms with Gasteiger partial charge in [-0.25, -0.2) is 0 Å². The molecule has 7 heteroatoms. The lowest BCUT2D eigenvalue weighted by Gasteiger charge is -2.31. The molecule has 1 saturated heterocycles. The lowest BCUT2D eigenvalue weighted by molar-refractivity contribution is -0.121. The normalized spacial score (nSPS) is 15.7. The van der Waals surface area contributed by atoms with Gasteiger partial charge < -0.3 is 10.2 Å². The number of hydrogen-bond acceptors (Lipinski definition) is 5. The molecule has 1 aromatic carbocycles. The molecular weight excluding hydrogens is 348 g/mol. The lowest BCUT2D eigenvalue weighted by atomic mass is 9.95. The van der Waals surface area contributed by atoms with Gasteiger partial charge in [-0.2, -0.15) is 0 Å². The summed E-state index contributed by atoms with van der Waals surface area (Å²) in [5.41, 5.74) is 0.614. The number of aromatic nitrogens is 2. The third kappa shape index (κ3) is 4.27. The summed E-state index contributed by atoms with van der Waals surface area (Å²) in [7, 11) is 0. The van der Waals surface area contributed by atoms with E-state index < -0.39 is 0 Å². The first-order valence-electron chi connectivity index (χ1n) is 8.84. The third-order valence-electron chi connectivity index (χ3n) is 4.47. The number of piperidine rings is 1. The fourth-order valence-electron chi connectivity index (χ4n) is 2.89. The smallest absolute Gasteiger partial charge is 0.253 e. The van der Waals surface area contributed by atoms with Gasteiger partial charge in [-0.3, -0.25) is 9.59 Å². The average molecular weight is 372 g/mol. The number of benzene rings is 1. The zero-order valence-electron chi connectivity index (χ0n) is 15.4. The molecule has 1 aliphatic heterocycles. The van der Waals surface area contributed by atoms with Gasteiger partial charge in [0.05, 0.1) is 0 Å². The predicted octanol–water partition coefficient (Wildman–Crippen LogP) is 3.33. The van der Waals surface area contributed by atoms with Crippen LogP contribution in [0.25, 0.3) is 0 Å². The molecule has 1 fully saturated rings. The SMILES string of the molecule is CC(C)(C)c1nnc(NC(=O)C2CCN(C(=O)c3ccccc3)CC2)s1. The summed E-state index contributed by atoms with van der Waals surface area (Å²) in [6, 6.07) is 9.27. The van der Waals surface area contributed by atoms with E-state index in [-0.39, 0.29) is 23.1 Å². The van der Waals surface area contributed by atoms with Crippen LogP contribution in [0.4, 0.5) is 5.13 Å². The van der Waals surface area contributed by atoms with Crippen LogP contribution in [0.3, 0.4) is 0 Å². The molecule has 1 N–H and O–H groups in total. The number of carbonyl (C=O) groups is 2. The molecule has 0 saturated carbocycles. The highest BCUT2D eigenvalue weighted by Gasteiger charge is 2.28. The number of hydrogen-bond donors (Lipinski definition) is 1. The average Bonchev–Trinajstić information content (AvgIpc) is 3.11. The van der Waals surface area contributed by atoms with Crippen LogP contribution in [0, 0.1) is 5.92 Å². The molecule has 26 heavy (non-hydrogen) atoms. The number of nitrogens with one attached hydrogen (secondary N) is 1. The van der Waals surface area contributed by atoms with Crippen molar-refractivity contribution < 1.29 is 9.59 Å². The van der Waals surface area contributed by atoms with Crippen molar-refractivity contribution in [1.29, 1.82) is 0 Å². The molecule has 2 amide bonds. The molecule has 2 aromatic rings. The Morgan fingerprint density at radius 3 is 2.35 bits per heavy atom. The van der Waals surface area contributed by atoms with Crippen molar-refractivity contribution in [2.45, 2.75) is 39.0 Å². The zero-order valence-corrected chi connectivity index (χ0v) is 16.2. The lowest BCUT2D eigenvalue weighted by Crippen LogP contribution is -2.41. The quantitative estimate of drug-likeness (QED) is 0.897. The first-order valence-corrected chi connectivity index (χ1v) is 9.65. The number of amides is 2. The van der Waals surface area contributed by atoms with E-state index in [0.717, 1.165) is 5.01 Å². The van der Waals surface area contributed by atoms with Crippen molar-refractivity contribution in [3.63, 3.8) is 0 Å². The van der Waals surface area contributed by atoms with Crippen molar-refractivity contribution in [2.75, 3.05) is 18.4 Å². The summed E-state index contributed by atoms with van der Waals surface area (Å²) in [4.78, 5) is 26.8. The second-order valence-electron chi connectivity index (χ2n) is 7.58. The molecule has 0 atom stereocenters. The Morgan fingerprint density at radius 2 is 1.77 bits per heavy atom. The molecule has 0 unspecified atom stereocenters. The van der Waals surface area contributed by atoms with Crippen LogP contribution < -0.4 is 5.32 Å². The summed E-state index contributed by atoms with van der Waals surface area (Å²) < 4.78 is 0. The Hall–Kier alpha value is -2.28. The number of nitrogens with zero attached hydrogens (tertiary/aromatic N) is 3. The Balaban J connectivity index is 1.54. The summed E-state index contributed by atoms with van der Waals surface area (Å²) in [5, 5.41) is 12.6. The standard InChI is InChI=1S/C19H24N4O2S/c1-19(2,3)17-21-22-18(26-17)20-15(24)13-9-11-23(12-10-13)16(25)14-7-5-4-6-8-14/h4-8,13H,9-12H2,1-3H3,(H,20,22,24). The second-order valence-corrected chi connectivity index (χ2v) is 8.56. The van der Waals surface area contributed by atoms with Crippen LogP contribution in [-0.2, 0) is 10.2 Å². The van der Waals surface area contributed by atoms with Gasteiger partial charge in [0, 0.05) is 30.0 Å². The van der Waals surface area contributed by atoms with Gasteiger partial charge in [0.25, 0.3) is 5.91 Å². The van der Waals surface area contributed by atoms with Gasteiger partial charge in [-0.15, -0.1) is 10.2 Å². The van der Waals surface area contributed by atoms with Gasteiger partial charge in [0.1, 0.15) is 5.01 Å². The van der Waals surface area contributed by atoms with E-state index in [1.807, 2.05) is 35.2 Å². The van der Waals surface area contributed by atoms with Crippen molar-refractivity contribution in [1.82, 2.24) is 15.1 Å². The molecule has 0 aliphatic carbocycles. The zero-order chi connectivity index (χ0) is 18.7. The minimum atomic E-state index is -0.100. The Labute approximate surface area is 157 Å². The van der Waals surface area contributed by atoms with Gasteiger partial charge in [-0.1, -0.05) is 50.3 Å². The number of anilines is 1. The number of carbonyl (C=O) groups excluding carboxylic acids is 2. The molecule has 0 spiro atoms. The number of rotatable bonds is 3. The largest absolute Gasteiger partial charge is 0.339 e. The highest BCUT2D eigenvalue weighted by atomic mass is 32.1. The maximum Gasteiger partial charge on any atom is 0.253 e. The van der Waals surface area contributed by atoms with Gasteiger partial charge >= 0.3 is 0 Å². The van der Waals surface area contributed by atoms with Crippen molar-refractivity contribution in [3.05, 3.63) is 40.9 Å². The van der Waals surface area contributed by atoms with E-state index in [1.54, 1.807) is 0 Å². The summed E-state index contributed by atoms with van der Waals surface area (Å²) >= 11 is 1.42. The maximum atomic E-state index is 12.5. The van der Waals surface area contributed by atoms with Crippen LogP contribution >= 0.6 is 11.3 Å². The van der Waals surface area contributed by atoms with Crippen LogP contribution in [0.2, 0.25) is 0 Å². The molecule has 1 aliphatic rings. The first-order chi connectivity index (χ1) is 12.3. The van der Waals surface area contributed by atoms with E-state index in [1.165, 1.54) is 11.3 Å². The molecular formula is C19H24N4O2S. The van der Waals surface area contributed by atoms with E-state index in [9.17, 15) is 9.59 Å². The van der Waals surface area contributed by atoms with E-state index in [2.05, 4.69) is 36.3 Å². The summed E-state index contributed by atoms with van der Waals surface area (Å²) in [5.74, 6) is -0.103. The van der Waals surface area contributed by atoms with Crippen LogP contribution in [0.5, 0.6) is 0 Å². The first kappa shape index (κ1) is 18.5. The third-order valence-corrected chi connectivity index (χ3v) is 5.73. The predicted molar refractivity (Wildman–Crippen MR) is 102 cm³/mol. The highest BCUT2D eigenvalue weighted by Crippen LogP contribution is 2.28. The van der Waals surface area contributed by atoms with Gasteiger partial charge in [-0.05, 0) is 25.0 Å². The monoisotopic (exact) mass is 372 g/mol. The molecule has 2 heterocycles.